The second-order valence-corrected chi connectivity index (χ2v) is 24.4. The zero-order valence-corrected chi connectivity index (χ0v) is 51.6. The number of likely N-dealkylation sites (N-methyl/N-ethyl adjacent to an activating group) is 1. The van der Waals surface area contributed by atoms with E-state index < -0.39 is 20.0 Å². The van der Waals surface area contributed by atoms with Crippen molar-refractivity contribution in [1.29, 1.82) is 0 Å². The lowest BCUT2D eigenvalue weighted by Gasteiger charge is -2.27. The molecule has 0 saturated heterocycles. The molecule has 0 saturated carbocycles. The second-order valence-electron chi connectivity index (χ2n) is 22.9. The predicted molar refractivity (Wildman–Crippen MR) is 328 cm³/mol. The van der Waals surface area contributed by atoms with Crippen molar-refractivity contribution in [2.45, 2.75) is 309 Å². The second kappa shape index (κ2) is 56.0. The van der Waals surface area contributed by atoms with Gasteiger partial charge in [0, 0.05) is 12.8 Å². The third-order valence-corrected chi connectivity index (χ3v) is 15.2. The Morgan fingerprint density at radius 3 is 1.28 bits per heavy atom. The molecule has 9 nitrogen and oxygen atoms in total. The highest BCUT2D eigenvalue weighted by Crippen LogP contribution is 2.43. The van der Waals surface area contributed by atoms with Gasteiger partial charge in [0.2, 0.25) is 5.91 Å². The van der Waals surface area contributed by atoms with Crippen LogP contribution < -0.4 is 5.32 Å². The fraction of sp³-hybridized carbons (Fsp3) is 0.818. The van der Waals surface area contributed by atoms with Crippen LogP contribution in [0.15, 0.2) is 60.8 Å². The van der Waals surface area contributed by atoms with Gasteiger partial charge in [-0.3, -0.25) is 18.6 Å². The fourth-order valence-corrected chi connectivity index (χ4v) is 9.98. The molecule has 0 aromatic carbocycles. The molecule has 76 heavy (non-hydrogen) atoms. The highest BCUT2D eigenvalue weighted by Gasteiger charge is 2.30. The first-order valence-electron chi connectivity index (χ1n) is 32.1. The van der Waals surface area contributed by atoms with Crippen LogP contribution in [0.5, 0.6) is 0 Å². The standard InChI is InChI=1S/C66H123N2O7P/c1-7-10-13-16-19-22-25-27-29-30-31-32-33-34-35-36-37-38-39-40-43-46-49-52-55-58-65(69)67-63(62-74-76(71,72)73-61-60-68(4,5)6)64(57-54-51-48-45-42-24-21-18-15-12-9-3)75-66(70)59-56-53-50-47-44-41-28-26-23-20-17-14-11-8-2/h11,14,19-20,22-23,27,29,54,57,63-64H,7-10,12-13,15-18,21,24-26,28,30-53,55-56,58-62H2,1-6H3,(H-,67,69,71,72)/p+1/b14-11+,22-19-,23-20+,29-27-,57-54-. The molecule has 0 rings (SSSR count). The van der Waals surface area contributed by atoms with E-state index in [1.807, 2.05) is 33.3 Å². The maximum atomic E-state index is 13.6. The van der Waals surface area contributed by atoms with Crippen LogP contribution >= 0.6 is 7.82 Å². The van der Waals surface area contributed by atoms with Crippen molar-refractivity contribution in [1.82, 2.24) is 5.32 Å². The van der Waals surface area contributed by atoms with Crippen molar-refractivity contribution in [3.63, 3.8) is 0 Å². The molecular weight excluding hydrogens is 964 g/mol. The summed E-state index contributed by atoms with van der Waals surface area (Å²) in [5, 5.41) is 3.06. The minimum Gasteiger partial charge on any atom is -0.456 e. The van der Waals surface area contributed by atoms with Crippen molar-refractivity contribution in [2.75, 3.05) is 40.9 Å². The average molecular weight is 1090 g/mol. The molecule has 444 valence electrons. The van der Waals surface area contributed by atoms with Crippen molar-refractivity contribution >= 4 is 19.7 Å². The van der Waals surface area contributed by atoms with Crippen LogP contribution in [0.2, 0.25) is 0 Å². The first-order chi connectivity index (χ1) is 36.9. The fourth-order valence-electron chi connectivity index (χ4n) is 9.24. The quantitative estimate of drug-likeness (QED) is 0.0205. The highest BCUT2D eigenvalue weighted by atomic mass is 31.2. The SMILES string of the molecule is CC/C=C/C/C=C/CCCCCCCCCC(=O)OC(/C=C\CCCCCCCCCCC)C(COP(=O)(O)OCC[N+](C)(C)C)NC(=O)CCCCCCCCCCCCCCCCC/C=C\C/C=C\CCCCC. The molecule has 1 amide bonds. The number of phosphoric acid groups is 1. The third-order valence-electron chi connectivity index (χ3n) is 14.2. The smallest absolute Gasteiger partial charge is 0.456 e. The van der Waals surface area contributed by atoms with Gasteiger partial charge in [-0.1, -0.05) is 255 Å². The molecule has 0 aliphatic carbocycles. The van der Waals surface area contributed by atoms with Crippen molar-refractivity contribution in [2.24, 2.45) is 0 Å². The molecule has 0 aromatic rings. The molecule has 3 atom stereocenters. The Morgan fingerprint density at radius 1 is 0.474 bits per heavy atom. The Bertz CT molecular complexity index is 1490. The summed E-state index contributed by atoms with van der Waals surface area (Å²) < 4.78 is 30.7. The molecule has 0 radical (unpaired) electrons. The number of quaternary nitrogens is 1. The van der Waals surface area contributed by atoms with Crippen molar-refractivity contribution in [3.05, 3.63) is 60.8 Å². The summed E-state index contributed by atoms with van der Waals surface area (Å²) in [7, 11) is 1.49. The van der Waals surface area contributed by atoms with E-state index >= 15 is 0 Å². The van der Waals surface area contributed by atoms with Gasteiger partial charge in [-0.15, -0.1) is 0 Å². The highest BCUT2D eigenvalue weighted by molar-refractivity contribution is 7.47. The number of nitrogens with one attached hydrogen (secondary N) is 1. The first-order valence-corrected chi connectivity index (χ1v) is 33.6. The number of rotatable bonds is 58. The number of hydrogen-bond donors (Lipinski definition) is 2. The number of allylic oxidation sites excluding steroid dienone is 9. The zero-order chi connectivity index (χ0) is 55.7. The Hall–Kier alpha value is -2.29. The number of unbranched alkanes of at least 4 members (excludes halogenated alkanes) is 34. The summed E-state index contributed by atoms with van der Waals surface area (Å²) in [6.45, 7) is 6.89. The summed E-state index contributed by atoms with van der Waals surface area (Å²) >= 11 is 0. The molecule has 10 heteroatoms. The lowest BCUT2D eigenvalue weighted by atomic mass is 10.0. The van der Waals surface area contributed by atoms with Gasteiger partial charge in [0.15, 0.2) is 0 Å². The molecule has 0 bridgehead atoms. The van der Waals surface area contributed by atoms with Gasteiger partial charge in [0.1, 0.15) is 19.3 Å². The van der Waals surface area contributed by atoms with Gasteiger partial charge in [-0.2, -0.15) is 0 Å². The summed E-state index contributed by atoms with van der Waals surface area (Å²) in [5.74, 6) is -0.508. The van der Waals surface area contributed by atoms with E-state index in [0.29, 0.717) is 17.4 Å². The van der Waals surface area contributed by atoms with E-state index in [0.717, 1.165) is 89.9 Å². The Labute approximate surface area is 471 Å². The number of hydrogen-bond acceptors (Lipinski definition) is 6. The molecule has 2 N–H and O–H groups in total. The lowest BCUT2D eigenvalue weighted by molar-refractivity contribution is -0.870. The van der Waals surface area contributed by atoms with E-state index in [2.05, 4.69) is 74.7 Å². The Kier molecular flexibility index (Phi) is 54.3. The number of phosphoric ester groups is 1. The maximum absolute atomic E-state index is 13.6. The van der Waals surface area contributed by atoms with E-state index in [1.54, 1.807) is 0 Å². The molecule has 0 aliphatic heterocycles. The largest absolute Gasteiger partial charge is 0.472 e. The first kappa shape index (κ1) is 73.7. The summed E-state index contributed by atoms with van der Waals surface area (Å²) in [5.41, 5.74) is 0. The topological polar surface area (TPSA) is 111 Å². The number of ether oxygens (including phenoxy) is 1. The van der Waals surface area contributed by atoms with E-state index in [4.69, 9.17) is 13.8 Å². The number of esters is 1. The average Bonchev–Trinajstić information content (AvgIpc) is 3.38. The summed E-state index contributed by atoms with van der Waals surface area (Å²) in [4.78, 5) is 37.7. The molecule has 0 heterocycles. The minimum atomic E-state index is -4.45. The van der Waals surface area contributed by atoms with E-state index in [1.165, 1.54) is 173 Å². The van der Waals surface area contributed by atoms with Crippen molar-refractivity contribution < 1.29 is 37.3 Å². The number of amides is 1. The normalized spacial score (nSPS) is 14.0. The minimum absolute atomic E-state index is 0.0386. The van der Waals surface area contributed by atoms with Gasteiger partial charge in [-0.25, -0.2) is 4.57 Å². The van der Waals surface area contributed by atoms with E-state index in [-0.39, 0.29) is 31.5 Å². The van der Waals surface area contributed by atoms with Crippen LogP contribution in [0, 0.1) is 0 Å². The number of carbonyl (C=O) groups is 2. The third kappa shape index (κ3) is 56.4. The monoisotopic (exact) mass is 1090 g/mol. The van der Waals surface area contributed by atoms with Crippen LogP contribution in [0.25, 0.3) is 0 Å². The van der Waals surface area contributed by atoms with Crippen LogP contribution in [0.1, 0.15) is 297 Å². The summed E-state index contributed by atoms with van der Waals surface area (Å²) in [6, 6.07) is -0.851. The van der Waals surface area contributed by atoms with Gasteiger partial charge in [0.25, 0.3) is 0 Å². The molecule has 3 unspecified atom stereocenters. The number of carbonyl (C=O) groups excluding carboxylic acids is 2. The summed E-state index contributed by atoms with van der Waals surface area (Å²) in [6.07, 6.45) is 70.9. The van der Waals surface area contributed by atoms with Crippen molar-refractivity contribution in [3.8, 4) is 0 Å². The van der Waals surface area contributed by atoms with Gasteiger partial charge >= 0.3 is 13.8 Å². The maximum Gasteiger partial charge on any atom is 0.472 e. The number of nitrogens with zero attached hydrogens (tertiary/aromatic N) is 1. The van der Waals surface area contributed by atoms with E-state index in [9.17, 15) is 19.0 Å². The van der Waals surface area contributed by atoms with Gasteiger partial charge < -0.3 is 19.4 Å². The Morgan fingerprint density at radius 2 is 0.842 bits per heavy atom. The van der Waals surface area contributed by atoms with Crippen LogP contribution in [-0.2, 0) is 27.9 Å². The predicted octanol–water partition coefficient (Wildman–Crippen LogP) is 19.8. The zero-order valence-electron chi connectivity index (χ0n) is 50.7. The van der Waals surface area contributed by atoms with Gasteiger partial charge in [0.05, 0.1) is 33.8 Å². The Balaban J connectivity index is 5.05. The molecule has 0 spiro atoms. The van der Waals surface area contributed by atoms with Crippen LogP contribution in [0.3, 0.4) is 0 Å². The molecule has 0 aliphatic rings. The molecule has 0 aromatic heterocycles. The lowest BCUT2D eigenvalue weighted by Crippen LogP contribution is -2.47. The van der Waals surface area contributed by atoms with Gasteiger partial charge in [-0.05, 0) is 89.5 Å². The molecular formula is C66H124N2O7P+. The van der Waals surface area contributed by atoms with Crippen LogP contribution in [-0.4, -0.2) is 74.3 Å². The van der Waals surface area contributed by atoms with Crippen LogP contribution in [0.4, 0.5) is 0 Å². The molecule has 0 fully saturated rings.